The van der Waals surface area contributed by atoms with E-state index in [1.165, 1.54) is 14.0 Å². The van der Waals surface area contributed by atoms with E-state index in [9.17, 15) is 19.2 Å². The monoisotopic (exact) mass is 444 g/mol. The molecule has 0 atom stereocenters. The first kappa shape index (κ1) is 22.0. The van der Waals surface area contributed by atoms with Gasteiger partial charge in [-0.2, -0.15) is 0 Å². The van der Waals surface area contributed by atoms with Crippen LogP contribution in [0.3, 0.4) is 0 Å². The van der Waals surface area contributed by atoms with Crippen molar-refractivity contribution in [3.05, 3.63) is 62.3 Å². The number of thioether (sulfide) groups is 1. The summed E-state index contributed by atoms with van der Waals surface area (Å²) in [6.07, 6.45) is 0.0605. The zero-order chi connectivity index (χ0) is 22.5. The quantitative estimate of drug-likeness (QED) is 0.457. The first-order valence-corrected chi connectivity index (χ1v) is 10.1. The molecule has 0 aliphatic heterocycles. The van der Waals surface area contributed by atoms with E-state index in [2.05, 4.69) is 25.8 Å². The van der Waals surface area contributed by atoms with Gasteiger partial charge in [0.2, 0.25) is 17.7 Å². The summed E-state index contributed by atoms with van der Waals surface area (Å²) in [5.41, 5.74) is 0.951. The number of nitrogens with one attached hydrogen (secondary N) is 3. The van der Waals surface area contributed by atoms with Crippen molar-refractivity contribution in [2.24, 2.45) is 7.05 Å². The van der Waals surface area contributed by atoms with Crippen molar-refractivity contribution >= 4 is 35.0 Å². The van der Waals surface area contributed by atoms with E-state index in [4.69, 9.17) is 4.42 Å². The highest BCUT2D eigenvalue weighted by Gasteiger charge is 2.15. The lowest BCUT2D eigenvalue weighted by molar-refractivity contribution is -0.114. The Hall–Kier alpha value is -3.67. The van der Waals surface area contributed by atoms with Crippen LogP contribution < -0.4 is 21.9 Å². The molecule has 0 aliphatic rings. The van der Waals surface area contributed by atoms with Gasteiger partial charge in [0.05, 0.1) is 12.2 Å². The normalized spacial score (nSPS) is 10.7. The molecule has 12 heteroatoms. The molecule has 0 bridgehead atoms. The molecule has 2 heterocycles. The highest BCUT2D eigenvalue weighted by molar-refractivity contribution is 7.99. The maximum Gasteiger partial charge on any atom is 0.328 e. The fraction of sp³-hybridized carbons (Fsp3) is 0.263. The average molecular weight is 444 g/mol. The predicted octanol–water partition coefficient (Wildman–Crippen LogP) is 1.05. The number of hydrogen-bond acceptors (Lipinski definition) is 8. The number of anilines is 2. The van der Waals surface area contributed by atoms with E-state index in [1.54, 1.807) is 31.2 Å². The average Bonchev–Trinajstić information content (AvgIpc) is 3.15. The van der Waals surface area contributed by atoms with E-state index < -0.39 is 11.2 Å². The minimum Gasteiger partial charge on any atom is -0.416 e. The highest BCUT2D eigenvalue weighted by Crippen LogP contribution is 2.19. The lowest BCUT2D eigenvalue weighted by Crippen LogP contribution is -2.36. The van der Waals surface area contributed by atoms with E-state index >= 15 is 0 Å². The number of carbonyl (C=O) groups is 2. The van der Waals surface area contributed by atoms with Crippen LogP contribution in [0.25, 0.3) is 0 Å². The van der Waals surface area contributed by atoms with Crippen LogP contribution in [-0.4, -0.2) is 37.3 Å². The molecule has 2 amide bonds. The molecule has 0 unspecified atom stereocenters. The van der Waals surface area contributed by atoms with Crippen molar-refractivity contribution in [1.82, 2.24) is 19.7 Å². The van der Waals surface area contributed by atoms with Gasteiger partial charge in [-0.15, -0.1) is 10.2 Å². The second-order valence-corrected chi connectivity index (χ2v) is 7.56. The number of aryl methyl sites for hydroxylation is 1. The Morgan fingerprint density at radius 2 is 1.90 bits per heavy atom. The van der Waals surface area contributed by atoms with E-state index in [0.29, 0.717) is 22.6 Å². The third-order valence-electron chi connectivity index (χ3n) is 4.18. The number of amides is 2. The Balaban J connectivity index is 1.59. The summed E-state index contributed by atoms with van der Waals surface area (Å²) < 4.78 is 6.48. The summed E-state index contributed by atoms with van der Waals surface area (Å²) in [5, 5.41) is 13.3. The Kier molecular flexibility index (Phi) is 6.70. The molecule has 3 aromatic rings. The molecule has 0 spiro atoms. The van der Waals surface area contributed by atoms with Crippen molar-refractivity contribution in [1.29, 1.82) is 0 Å². The van der Waals surface area contributed by atoms with Gasteiger partial charge in [0.1, 0.15) is 0 Å². The highest BCUT2D eigenvalue weighted by atomic mass is 32.2. The number of hydrogen-bond donors (Lipinski definition) is 3. The SMILES string of the molecule is CC(=O)Nc1cccc(NC(=O)CSc2nnc(Cc3c(C)[nH]c(=O)n(C)c3=O)o2)c1. The van der Waals surface area contributed by atoms with Crippen molar-refractivity contribution in [2.75, 3.05) is 16.4 Å². The molecule has 0 saturated heterocycles. The van der Waals surface area contributed by atoms with Crippen molar-refractivity contribution in [2.45, 2.75) is 25.5 Å². The smallest absolute Gasteiger partial charge is 0.328 e. The number of benzene rings is 1. The first-order valence-electron chi connectivity index (χ1n) is 9.14. The van der Waals surface area contributed by atoms with E-state index in [-0.39, 0.29) is 35.1 Å². The van der Waals surface area contributed by atoms with Gasteiger partial charge in [0.15, 0.2) is 0 Å². The molecular formula is C19H20N6O5S. The van der Waals surface area contributed by atoms with Gasteiger partial charge >= 0.3 is 5.69 Å². The van der Waals surface area contributed by atoms with Crippen LogP contribution in [0, 0.1) is 6.92 Å². The lowest BCUT2D eigenvalue weighted by Gasteiger charge is -2.07. The molecule has 0 fully saturated rings. The minimum atomic E-state index is -0.498. The van der Waals surface area contributed by atoms with Gasteiger partial charge < -0.3 is 20.0 Å². The molecule has 2 aromatic heterocycles. The second-order valence-electron chi connectivity index (χ2n) is 6.64. The van der Waals surface area contributed by atoms with Crippen molar-refractivity contribution < 1.29 is 14.0 Å². The van der Waals surface area contributed by atoms with Gasteiger partial charge in [-0.1, -0.05) is 17.8 Å². The number of carbonyl (C=O) groups excluding carboxylic acids is 2. The molecule has 31 heavy (non-hydrogen) atoms. The Bertz CT molecular complexity index is 1250. The fourth-order valence-electron chi connectivity index (χ4n) is 2.70. The molecule has 1 aromatic carbocycles. The van der Waals surface area contributed by atoms with Crippen LogP contribution in [0.5, 0.6) is 0 Å². The summed E-state index contributed by atoms with van der Waals surface area (Å²) in [6.45, 7) is 3.02. The first-order chi connectivity index (χ1) is 14.7. The minimum absolute atomic E-state index is 0.0193. The number of rotatable bonds is 7. The van der Waals surface area contributed by atoms with Crippen LogP contribution in [-0.2, 0) is 23.1 Å². The Morgan fingerprint density at radius 3 is 2.61 bits per heavy atom. The summed E-state index contributed by atoms with van der Waals surface area (Å²) in [7, 11) is 1.38. The fourth-order valence-corrected chi connectivity index (χ4v) is 3.28. The Labute approximate surface area is 180 Å². The van der Waals surface area contributed by atoms with Crippen LogP contribution in [0.15, 0.2) is 43.5 Å². The number of aromatic nitrogens is 4. The van der Waals surface area contributed by atoms with Gasteiger partial charge in [0, 0.05) is 36.6 Å². The number of nitrogens with zero attached hydrogens (tertiary/aromatic N) is 3. The number of aromatic amines is 1. The van der Waals surface area contributed by atoms with Crippen LogP contribution >= 0.6 is 11.8 Å². The third-order valence-corrected chi connectivity index (χ3v) is 5.00. The van der Waals surface area contributed by atoms with Crippen molar-refractivity contribution in [3.8, 4) is 0 Å². The van der Waals surface area contributed by atoms with Gasteiger partial charge in [-0.25, -0.2) is 4.79 Å². The summed E-state index contributed by atoms with van der Waals surface area (Å²) in [4.78, 5) is 49.8. The predicted molar refractivity (Wildman–Crippen MR) is 114 cm³/mol. The van der Waals surface area contributed by atoms with Gasteiger partial charge in [0.25, 0.3) is 10.8 Å². The maximum absolute atomic E-state index is 12.3. The second kappa shape index (κ2) is 9.43. The van der Waals surface area contributed by atoms with E-state index in [1.807, 2.05) is 0 Å². The van der Waals surface area contributed by atoms with Gasteiger partial charge in [-0.3, -0.25) is 19.0 Å². The topological polar surface area (TPSA) is 152 Å². The summed E-state index contributed by atoms with van der Waals surface area (Å²) in [6, 6.07) is 6.76. The van der Waals surface area contributed by atoms with Gasteiger partial charge in [-0.05, 0) is 25.1 Å². The molecule has 0 saturated carbocycles. The molecule has 162 valence electrons. The third kappa shape index (κ3) is 5.69. The zero-order valence-corrected chi connectivity index (χ0v) is 17.8. The molecule has 3 rings (SSSR count). The molecule has 11 nitrogen and oxygen atoms in total. The summed E-state index contributed by atoms with van der Waals surface area (Å²) >= 11 is 1.04. The standard InChI is InChI=1S/C19H20N6O5S/c1-10-14(17(28)25(3)18(29)20-10)8-16-23-24-19(30-16)31-9-15(27)22-13-6-4-5-12(7-13)21-11(2)26/h4-7H,8-9H2,1-3H3,(H,20,29)(H,21,26)(H,22,27). The molecule has 3 N–H and O–H groups in total. The van der Waals surface area contributed by atoms with Crippen LogP contribution in [0.2, 0.25) is 0 Å². The van der Waals surface area contributed by atoms with Crippen molar-refractivity contribution in [3.63, 3.8) is 0 Å². The van der Waals surface area contributed by atoms with Crippen LogP contribution in [0.1, 0.15) is 24.1 Å². The van der Waals surface area contributed by atoms with Crippen LogP contribution in [0.4, 0.5) is 11.4 Å². The largest absolute Gasteiger partial charge is 0.416 e. The Morgan fingerprint density at radius 1 is 1.19 bits per heavy atom. The number of H-pyrrole nitrogens is 1. The summed E-state index contributed by atoms with van der Waals surface area (Å²) in [5.74, 6) is -0.291. The molecular weight excluding hydrogens is 424 g/mol. The lowest BCUT2D eigenvalue weighted by atomic mass is 10.2. The molecule has 0 radical (unpaired) electrons. The maximum atomic E-state index is 12.3. The molecule has 0 aliphatic carbocycles. The zero-order valence-electron chi connectivity index (χ0n) is 17.0. The van der Waals surface area contributed by atoms with E-state index in [0.717, 1.165) is 16.3 Å².